The highest BCUT2D eigenvalue weighted by Crippen LogP contribution is 2.28. The Bertz CT molecular complexity index is 1010. The minimum atomic E-state index is 0.355. The number of thioether (sulfide) groups is 1. The number of hydrogen-bond acceptors (Lipinski definition) is 6. The summed E-state index contributed by atoms with van der Waals surface area (Å²) < 4.78 is 11.2. The number of amidine groups is 1. The second-order valence-electron chi connectivity index (χ2n) is 6.15. The Morgan fingerprint density at radius 1 is 1.10 bits per heavy atom. The molecule has 0 saturated carbocycles. The van der Waals surface area contributed by atoms with Crippen molar-refractivity contribution >= 4 is 34.7 Å². The number of nitrogens with zero attached hydrogens (tertiary/aromatic N) is 3. The molecular formula is C22H21ClN4O2S. The summed E-state index contributed by atoms with van der Waals surface area (Å²) in [4.78, 5) is 4.04. The van der Waals surface area contributed by atoms with E-state index in [0.29, 0.717) is 28.4 Å². The monoisotopic (exact) mass is 440 g/mol. The van der Waals surface area contributed by atoms with E-state index in [0.717, 1.165) is 16.9 Å². The summed E-state index contributed by atoms with van der Waals surface area (Å²) in [6, 6.07) is 19.2. The molecule has 0 unspecified atom stereocenters. The molecule has 2 aromatic carbocycles. The highest BCUT2D eigenvalue weighted by Gasteiger charge is 2.06. The van der Waals surface area contributed by atoms with Crippen LogP contribution < -0.4 is 15.2 Å². The molecule has 0 aliphatic rings. The van der Waals surface area contributed by atoms with Crippen molar-refractivity contribution in [3.63, 3.8) is 0 Å². The molecule has 3 rings (SSSR count). The topological polar surface area (TPSA) is 82.1 Å². The molecule has 0 aliphatic carbocycles. The Labute approximate surface area is 184 Å². The maximum atomic E-state index is 5.91. The lowest BCUT2D eigenvalue weighted by atomic mass is 10.2. The van der Waals surface area contributed by atoms with Crippen LogP contribution in [0.3, 0.4) is 0 Å². The summed E-state index contributed by atoms with van der Waals surface area (Å²) in [5.41, 5.74) is 8.82. The number of halogens is 1. The van der Waals surface area contributed by atoms with Gasteiger partial charge in [-0.15, -0.1) is 5.10 Å². The van der Waals surface area contributed by atoms with E-state index in [1.165, 1.54) is 17.3 Å². The first kappa shape index (κ1) is 21.7. The van der Waals surface area contributed by atoms with Crippen molar-refractivity contribution in [2.45, 2.75) is 12.4 Å². The van der Waals surface area contributed by atoms with Crippen molar-refractivity contribution < 1.29 is 9.47 Å². The fraction of sp³-hybridized carbons (Fsp3) is 0.136. The molecule has 154 valence electrons. The third kappa shape index (κ3) is 6.79. The van der Waals surface area contributed by atoms with E-state index in [1.54, 1.807) is 25.6 Å². The zero-order valence-corrected chi connectivity index (χ0v) is 17.9. The molecule has 0 atom stereocenters. The van der Waals surface area contributed by atoms with Gasteiger partial charge in [0.2, 0.25) is 0 Å². The highest BCUT2D eigenvalue weighted by atomic mass is 35.5. The van der Waals surface area contributed by atoms with Crippen molar-refractivity contribution in [1.29, 1.82) is 0 Å². The minimum Gasteiger partial charge on any atom is -0.493 e. The molecule has 0 radical (unpaired) electrons. The molecule has 0 aliphatic heterocycles. The summed E-state index contributed by atoms with van der Waals surface area (Å²) in [5, 5.41) is 8.94. The molecule has 0 amide bonds. The highest BCUT2D eigenvalue weighted by molar-refractivity contribution is 8.13. The van der Waals surface area contributed by atoms with Crippen molar-refractivity contribution in [3.05, 3.63) is 88.7 Å². The predicted octanol–water partition coefficient (Wildman–Crippen LogP) is 4.90. The van der Waals surface area contributed by atoms with E-state index >= 15 is 0 Å². The Hall–Kier alpha value is -3.03. The smallest absolute Gasteiger partial charge is 0.180 e. The standard InChI is InChI=1S/C22H21ClN4O2S/c1-28-20-11-17(7-9-19(20)29-14-18-8-10-21(23)25-12-18)13-26-27-22(24)30-15-16-5-3-2-4-6-16/h2-13H,14-15H2,1H3,(H2,24,27). The van der Waals surface area contributed by atoms with Gasteiger partial charge in [0.15, 0.2) is 16.7 Å². The molecule has 1 aromatic heterocycles. The summed E-state index contributed by atoms with van der Waals surface area (Å²) >= 11 is 7.23. The first-order chi connectivity index (χ1) is 14.6. The van der Waals surface area contributed by atoms with E-state index in [4.69, 9.17) is 26.8 Å². The van der Waals surface area contributed by atoms with Gasteiger partial charge in [0.1, 0.15) is 11.8 Å². The second-order valence-corrected chi connectivity index (χ2v) is 7.53. The summed E-state index contributed by atoms with van der Waals surface area (Å²) in [6.07, 6.45) is 3.29. The normalized spacial score (nSPS) is 11.6. The lowest BCUT2D eigenvalue weighted by molar-refractivity contribution is 0.284. The summed E-state index contributed by atoms with van der Waals surface area (Å²) in [7, 11) is 1.59. The fourth-order valence-electron chi connectivity index (χ4n) is 2.45. The maximum absolute atomic E-state index is 5.91. The quantitative estimate of drug-likeness (QED) is 0.233. The number of methoxy groups -OCH3 is 1. The van der Waals surface area contributed by atoms with Gasteiger partial charge < -0.3 is 15.2 Å². The van der Waals surface area contributed by atoms with Gasteiger partial charge in [-0.25, -0.2) is 4.98 Å². The number of pyridine rings is 1. The van der Waals surface area contributed by atoms with Crippen LogP contribution in [0.15, 0.2) is 77.1 Å². The third-order valence-electron chi connectivity index (χ3n) is 3.96. The lowest BCUT2D eigenvalue weighted by Crippen LogP contribution is -2.06. The molecule has 30 heavy (non-hydrogen) atoms. The van der Waals surface area contributed by atoms with Crippen LogP contribution in [0, 0.1) is 0 Å². The lowest BCUT2D eigenvalue weighted by Gasteiger charge is -2.11. The van der Waals surface area contributed by atoms with Gasteiger partial charge in [-0.2, -0.15) is 5.10 Å². The molecule has 8 heteroatoms. The first-order valence-electron chi connectivity index (χ1n) is 9.08. The van der Waals surface area contributed by atoms with Crippen molar-refractivity contribution in [3.8, 4) is 11.5 Å². The predicted molar refractivity (Wildman–Crippen MR) is 124 cm³/mol. The van der Waals surface area contributed by atoms with Gasteiger partial charge in [0, 0.05) is 17.5 Å². The van der Waals surface area contributed by atoms with E-state index in [1.807, 2.05) is 54.6 Å². The molecule has 0 fully saturated rings. The van der Waals surface area contributed by atoms with E-state index in [9.17, 15) is 0 Å². The average molecular weight is 441 g/mol. The molecule has 0 saturated heterocycles. The molecule has 0 spiro atoms. The zero-order chi connectivity index (χ0) is 21.2. The Balaban J connectivity index is 1.57. The molecular weight excluding hydrogens is 420 g/mol. The molecule has 6 nitrogen and oxygen atoms in total. The van der Waals surface area contributed by atoms with Crippen LogP contribution in [-0.4, -0.2) is 23.5 Å². The van der Waals surface area contributed by atoms with Gasteiger partial charge in [-0.1, -0.05) is 59.8 Å². The molecule has 2 N–H and O–H groups in total. The van der Waals surface area contributed by atoms with E-state index in [2.05, 4.69) is 15.2 Å². The van der Waals surface area contributed by atoms with Gasteiger partial charge in [-0.05, 0) is 35.4 Å². The Morgan fingerprint density at radius 2 is 1.93 bits per heavy atom. The minimum absolute atomic E-state index is 0.355. The number of aromatic nitrogens is 1. The average Bonchev–Trinajstić information content (AvgIpc) is 2.78. The van der Waals surface area contributed by atoms with Crippen LogP contribution >= 0.6 is 23.4 Å². The number of benzene rings is 2. The number of hydrogen-bond donors (Lipinski definition) is 1. The van der Waals surface area contributed by atoms with Crippen LogP contribution in [0.5, 0.6) is 11.5 Å². The van der Waals surface area contributed by atoms with Crippen molar-refractivity contribution in [1.82, 2.24) is 4.98 Å². The molecule has 1 heterocycles. The van der Waals surface area contributed by atoms with Crippen LogP contribution in [0.2, 0.25) is 5.15 Å². The van der Waals surface area contributed by atoms with Gasteiger partial charge in [0.25, 0.3) is 0 Å². The molecule has 0 bridgehead atoms. The Morgan fingerprint density at radius 3 is 2.67 bits per heavy atom. The van der Waals surface area contributed by atoms with E-state index < -0.39 is 0 Å². The maximum Gasteiger partial charge on any atom is 0.180 e. The van der Waals surface area contributed by atoms with Gasteiger partial charge in [0.05, 0.1) is 13.3 Å². The van der Waals surface area contributed by atoms with E-state index in [-0.39, 0.29) is 0 Å². The SMILES string of the molecule is COc1cc(C=NN=C(N)SCc2ccccc2)ccc1OCc1ccc(Cl)nc1. The van der Waals surface area contributed by atoms with Crippen LogP contribution in [0.1, 0.15) is 16.7 Å². The number of rotatable bonds is 8. The molecule has 3 aromatic rings. The van der Waals surface area contributed by atoms with Gasteiger partial charge >= 0.3 is 0 Å². The Kier molecular flexibility index (Phi) is 8.11. The second kappa shape index (κ2) is 11.2. The number of ether oxygens (including phenoxy) is 2. The number of nitrogens with two attached hydrogens (primary N) is 1. The zero-order valence-electron chi connectivity index (χ0n) is 16.4. The fourth-order valence-corrected chi connectivity index (χ4v) is 3.17. The first-order valence-corrected chi connectivity index (χ1v) is 10.4. The largest absolute Gasteiger partial charge is 0.493 e. The summed E-state index contributed by atoms with van der Waals surface area (Å²) in [5.74, 6) is 1.96. The van der Waals surface area contributed by atoms with Crippen LogP contribution in [0.25, 0.3) is 0 Å². The van der Waals surface area contributed by atoms with Crippen molar-refractivity contribution in [2.75, 3.05) is 7.11 Å². The third-order valence-corrected chi connectivity index (χ3v) is 5.04. The van der Waals surface area contributed by atoms with Gasteiger partial charge in [-0.3, -0.25) is 0 Å². The summed E-state index contributed by atoms with van der Waals surface area (Å²) in [6.45, 7) is 0.355. The van der Waals surface area contributed by atoms with Crippen LogP contribution in [-0.2, 0) is 12.4 Å². The van der Waals surface area contributed by atoms with Crippen LogP contribution in [0.4, 0.5) is 0 Å². The van der Waals surface area contributed by atoms with Crippen molar-refractivity contribution in [2.24, 2.45) is 15.9 Å².